The first kappa shape index (κ1) is 16.8. The molecule has 4 heteroatoms. The Labute approximate surface area is 137 Å². The second-order valence-corrected chi connectivity index (χ2v) is 7.92. The highest BCUT2D eigenvalue weighted by atomic mass is 79.9. The zero-order valence-electron chi connectivity index (χ0n) is 13.6. The van der Waals surface area contributed by atoms with E-state index in [1.54, 1.807) is 0 Å². The Morgan fingerprint density at radius 1 is 1.38 bits per heavy atom. The van der Waals surface area contributed by atoms with Crippen LogP contribution in [0.15, 0.2) is 22.7 Å². The van der Waals surface area contributed by atoms with E-state index in [0.717, 1.165) is 42.8 Å². The average molecular weight is 355 g/mol. The summed E-state index contributed by atoms with van der Waals surface area (Å²) >= 11 is 3.53. The lowest BCUT2D eigenvalue weighted by Crippen LogP contribution is -2.39. The third-order valence-electron chi connectivity index (χ3n) is 3.82. The highest BCUT2D eigenvalue weighted by molar-refractivity contribution is 9.10. The molecule has 0 aromatic heterocycles. The van der Waals surface area contributed by atoms with Crippen LogP contribution in [0.4, 0.5) is 0 Å². The van der Waals surface area contributed by atoms with Gasteiger partial charge in [0.05, 0.1) is 6.61 Å². The number of nitrogens with zero attached hydrogens (tertiary/aromatic N) is 1. The molecule has 1 heterocycles. The summed E-state index contributed by atoms with van der Waals surface area (Å²) in [4.78, 5) is 2.25. The van der Waals surface area contributed by atoms with Crippen molar-refractivity contribution in [2.75, 3.05) is 33.8 Å². The molecule has 0 bridgehead atoms. The van der Waals surface area contributed by atoms with Crippen molar-refractivity contribution >= 4 is 15.9 Å². The van der Waals surface area contributed by atoms with Crippen molar-refractivity contribution in [2.45, 2.75) is 32.7 Å². The molecule has 0 aliphatic carbocycles. The zero-order chi connectivity index (χ0) is 15.5. The third kappa shape index (κ3) is 4.97. The first-order chi connectivity index (χ1) is 9.87. The molecule has 1 aliphatic rings. The van der Waals surface area contributed by atoms with Crippen molar-refractivity contribution in [3.63, 3.8) is 0 Å². The SMILES string of the molecule is CN(C)CC(C)(C)CNC1CCCOc2cc(Br)ccc21. The zero-order valence-corrected chi connectivity index (χ0v) is 15.2. The van der Waals surface area contributed by atoms with Gasteiger partial charge in [0.2, 0.25) is 0 Å². The van der Waals surface area contributed by atoms with Gasteiger partial charge >= 0.3 is 0 Å². The smallest absolute Gasteiger partial charge is 0.125 e. The van der Waals surface area contributed by atoms with Crippen LogP contribution < -0.4 is 10.1 Å². The summed E-state index contributed by atoms with van der Waals surface area (Å²) in [5.41, 5.74) is 1.54. The molecule has 0 spiro atoms. The maximum absolute atomic E-state index is 5.88. The maximum Gasteiger partial charge on any atom is 0.125 e. The van der Waals surface area contributed by atoms with Gasteiger partial charge < -0.3 is 15.0 Å². The van der Waals surface area contributed by atoms with E-state index in [0.29, 0.717) is 6.04 Å². The minimum Gasteiger partial charge on any atom is -0.493 e. The molecule has 1 aliphatic heterocycles. The Bertz CT molecular complexity index is 474. The van der Waals surface area contributed by atoms with E-state index in [2.05, 4.69) is 72.3 Å². The number of ether oxygens (including phenoxy) is 1. The molecule has 1 aromatic carbocycles. The van der Waals surface area contributed by atoms with Gasteiger partial charge in [0.25, 0.3) is 0 Å². The standard InChI is InChI=1S/C17H27BrN2O/c1-17(2,12-20(3)4)11-19-15-6-5-9-21-16-10-13(18)7-8-14(15)16/h7-8,10,15,19H,5-6,9,11-12H2,1-4H3. The molecule has 1 unspecified atom stereocenters. The van der Waals surface area contributed by atoms with Gasteiger partial charge in [-0.15, -0.1) is 0 Å². The summed E-state index contributed by atoms with van der Waals surface area (Å²) in [6.45, 7) is 7.52. The van der Waals surface area contributed by atoms with Crippen LogP contribution in [0.3, 0.4) is 0 Å². The summed E-state index contributed by atoms with van der Waals surface area (Å²) in [6.07, 6.45) is 2.23. The molecule has 0 saturated heterocycles. The minimum absolute atomic E-state index is 0.256. The highest BCUT2D eigenvalue weighted by Crippen LogP contribution is 2.34. The fourth-order valence-corrected chi connectivity index (χ4v) is 3.41. The number of nitrogens with one attached hydrogen (secondary N) is 1. The van der Waals surface area contributed by atoms with Crippen molar-refractivity contribution < 1.29 is 4.74 Å². The first-order valence-corrected chi connectivity index (χ1v) is 8.47. The normalized spacial score (nSPS) is 19.0. The maximum atomic E-state index is 5.88. The van der Waals surface area contributed by atoms with Gasteiger partial charge in [-0.25, -0.2) is 0 Å². The molecule has 1 atom stereocenters. The summed E-state index contributed by atoms with van der Waals surface area (Å²) in [7, 11) is 4.27. The Morgan fingerprint density at radius 2 is 2.14 bits per heavy atom. The average Bonchev–Trinajstić information content (AvgIpc) is 2.56. The van der Waals surface area contributed by atoms with Crippen molar-refractivity contribution in [3.8, 4) is 5.75 Å². The Kier molecular flexibility index (Phi) is 5.69. The van der Waals surface area contributed by atoms with Crippen LogP contribution in [0.5, 0.6) is 5.75 Å². The lowest BCUT2D eigenvalue weighted by Gasteiger charge is -2.31. The lowest BCUT2D eigenvalue weighted by molar-refractivity contribution is 0.223. The molecule has 3 nitrogen and oxygen atoms in total. The molecule has 0 fully saturated rings. The Morgan fingerprint density at radius 3 is 2.86 bits per heavy atom. The van der Waals surface area contributed by atoms with E-state index in [9.17, 15) is 0 Å². The van der Waals surface area contributed by atoms with E-state index in [4.69, 9.17) is 4.74 Å². The molecule has 21 heavy (non-hydrogen) atoms. The van der Waals surface area contributed by atoms with E-state index < -0.39 is 0 Å². The Balaban J connectivity index is 2.07. The van der Waals surface area contributed by atoms with Crippen LogP contribution >= 0.6 is 15.9 Å². The van der Waals surface area contributed by atoms with Crippen molar-refractivity contribution in [2.24, 2.45) is 5.41 Å². The van der Waals surface area contributed by atoms with Crippen LogP contribution in [0.25, 0.3) is 0 Å². The quantitative estimate of drug-likeness (QED) is 0.869. The second kappa shape index (κ2) is 7.12. The molecular formula is C17H27BrN2O. The van der Waals surface area contributed by atoms with Crippen molar-refractivity contribution in [1.82, 2.24) is 10.2 Å². The van der Waals surface area contributed by atoms with Gasteiger partial charge in [-0.1, -0.05) is 35.8 Å². The molecule has 0 saturated carbocycles. The molecule has 1 N–H and O–H groups in total. The first-order valence-electron chi connectivity index (χ1n) is 7.68. The Hall–Kier alpha value is -0.580. The van der Waals surface area contributed by atoms with Gasteiger partial charge in [-0.05, 0) is 44.5 Å². The van der Waals surface area contributed by atoms with Crippen LogP contribution in [-0.2, 0) is 0 Å². The lowest BCUT2D eigenvalue weighted by atomic mass is 9.91. The van der Waals surface area contributed by atoms with Crippen molar-refractivity contribution in [1.29, 1.82) is 0 Å². The highest BCUT2D eigenvalue weighted by Gasteiger charge is 2.24. The molecule has 118 valence electrons. The number of hydrogen-bond acceptors (Lipinski definition) is 3. The predicted octanol–water partition coefficient (Wildman–Crippen LogP) is 3.84. The molecular weight excluding hydrogens is 328 g/mol. The summed E-state index contributed by atoms with van der Waals surface area (Å²) in [5, 5.41) is 3.76. The molecule has 1 aromatic rings. The molecule has 2 rings (SSSR count). The number of fused-ring (bicyclic) bond motifs is 1. The van der Waals surface area contributed by atoms with Gasteiger partial charge in [-0.2, -0.15) is 0 Å². The number of benzene rings is 1. The van der Waals surface area contributed by atoms with Crippen LogP contribution in [0.1, 0.15) is 38.3 Å². The van der Waals surface area contributed by atoms with E-state index in [1.165, 1.54) is 5.56 Å². The van der Waals surface area contributed by atoms with E-state index in [-0.39, 0.29) is 5.41 Å². The molecule has 0 amide bonds. The predicted molar refractivity (Wildman–Crippen MR) is 91.9 cm³/mol. The third-order valence-corrected chi connectivity index (χ3v) is 4.31. The van der Waals surface area contributed by atoms with Crippen LogP contribution in [-0.4, -0.2) is 38.7 Å². The molecule has 0 radical (unpaired) electrons. The number of hydrogen-bond donors (Lipinski definition) is 1. The van der Waals surface area contributed by atoms with Crippen LogP contribution in [0.2, 0.25) is 0 Å². The fourth-order valence-electron chi connectivity index (χ4n) is 3.07. The van der Waals surface area contributed by atoms with E-state index >= 15 is 0 Å². The van der Waals surface area contributed by atoms with Gasteiger partial charge in [0.15, 0.2) is 0 Å². The number of rotatable bonds is 5. The monoisotopic (exact) mass is 354 g/mol. The van der Waals surface area contributed by atoms with Crippen LogP contribution in [0, 0.1) is 5.41 Å². The van der Waals surface area contributed by atoms with Gasteiger partial charge in [0, 0.05) is 29.2 Å². The van der Waals surface area contributed by atoms with Crippen molar-refractivity contribution in [3.05, 3.63) is 28.2 Å². The summed E-state index contributed by atoms with van der Waals surface area (Å²) in [5.74, 6) is 1.02. The number of halogens is 1. The van der Waals surface area contributed by atoms with Gasteiger partial charge in [0.1, 0.15) is 5.75 Å². The summed E-state index contributed by atoms with van der Waals surface area (Å²) < 4.78 is 6.96. The van der Waals surface area contributed by atoms with E-state index in [1.807, 2.05) is 0 Å². The fraction of sp³-hybridized carbons (Fsp3) is 0.647. The largest absolute Gasteiger partial charge is 0.493 e. The van der Waals surface area contributed by atoms with Gasteiger partial charge in [-0.3, -0.25) is 0 Å². The minimum atomic E-state index is 0.256. The summed E-state index contributed by atoms with van der Waals surface area (Å²) in [6, 6.07) is 6.76. The topological polar surface area (TPSA) is 24.5 Å². The second-order valence-electron chi connectivity index (χ2n) is 7.01.